The topological polar surface area (TPSA) is 382 Å². The van der Waals surface area contributed by atoms with Gasteiger partial charge in [0.2, 0.25) is 0 Å². The Labute approximate surface area is 776 Å². The first-order chi connectivity index (χ1) is 67.5. The van der Waals surface area contributed by atoms with E-state index in [1.54, 1.807) is 160 Å². The molecule has 10 rings (SSSR count). The number of nitrogens with one attached hydrogen (secondary N) is 1. The summed E-state index contributed by atoms with van der Waals surface area (Å²) >= 11 is 5.65. The average Bonchev–Trinajstić information content (AvgIpc) is 1.57. The van der Waals surface area contributed by atoms with Gasteiger partial charge in [-0.2, -0.15) is 0 Å². The standard InChI is InChI=1S/C31H31B2N5O7S.C16H25NO4.C15H23NO4.C14H19ClN2O3.C14H20N2O3/c1-18(2)46(40,41)22-13-11-21(12-14-22)24-16-34-27(31(33-45-31)36-28-32-43-28)26(35-24)25-15-23(37-44-25)20-9-7-19(8-10-20)17-38(6)29(39)42-30(3,4)5;1-16(2,3)21-15(18)17(4)11-12-7-9-13(10-8-12)14(19-5)20-6;1-15(2,3)20-14(17)16-10-11-6-8-12(9-7-11)13(18-4)19-5;1-14(2,3)20-13(18)17(4)9-10-5-7-11(8-6-10)12(15)16-19;1-14(2,3)19-13(17)16(4)10-12-7-5-11(6-8-12)9-15-18/h7-16,18H,17H2,1-6H3;7-10,14H,11H2,1-6H3;6-9,13H,10H2,1-5H3,(H,16,17);5-8,19H,9H2,1-4H3;5-9,18H,10H2,1-4H3/b;;;16-12-;15-9+/i6D3,17D2;4D3,11D2;10D2;4D3,9D2;4D3,10D2. The molecule has 2 aromatic heterocycles. The molecule has 0 bridgehead atoms. The number of nitrogens with zero attached hydrogens (tertiary/aromatic N) is 10. The Morgan fingerprint density at radius 2 is 0.937 bits per heavy atom. The minimum atomic E-state index is -3.48. The third kappa shape index (κ3) is 34.8. The van der Waals surface area contributed by atoms with Crippen LogP contribution >= 0.6 is 11.6 Å². The minimum absolute atomic E-state index is 0.0193. The van der Waals surface area contributed by atoms with Crippen LogP contribution in [-0.2, 0) is 99.9 Å². The molecule has 3 N–H and O–H groups in total. The first-order valence-corrected chi connectivity index (χ1v) is 40.1. The van der Waals surface area contributed by atoms with Crippen LogP contribution in [0.4, 0.5) is 24.0 Å². The molecule has 2 aliphatic rings. The highest BCUT2D eigenvalue weighted by Gasteiger charge is 2.55. The van der Waals surface area contributed by atoms with Crippen molar-refractivity contribution < 1.29 is 129 Å². The molecule has 2 aliphatic heterocycles. The molecule has 0 saturated carbocycles. The van der Waals surface area contributed by atoms with Gasteiger partial charge in [0, 0.05) is 139 Å². The zero-order valence-corrected chi connectivity index (χ0v) is 75.0. The molecule has 4 heterocycles. The van der Waals surface area contributed by atoms with Gasteiger partial charge < -0.3 is 91.8 Å². The van der Waals surface area contributed by atoms with E-state index in [0.717, 1.165) is 11.8 Å². The number of rotatable bonds is 25. The molecular formula is C90H118B2ClN11O21S. The maximum absolute atomic E-state index is 12.8. The normalized spacial score (nSPS) is 17.6. The Morgan fingerprint density at radius 3 is 1.29 bits per heavy atom. The summed E-state index contributed by atoms with van der Waals surface area (Å²) in [7, 11) is 5.37. The van der Waals surface area contributed by atoms with Gasteiger partial charge in [-0.3, -0.25) is 4.98 Å². The number of hydrogen-bond acceptors (Lipinski definition) is 27. The van der Waals surface area contributed by atoms with Gasteiger partial charge in [0.05, 0.1) is 42.0 Å². The molecular weight excluding hydrogens is 1660 g/mol. The molecule has 5 amide bonds. The van der Waals surface area contributed by atoms with Gasteiger partial charge in [-0.25, -0.2) is 42.4 Å². The van der Waals surface area contributed by atoms with E-state index in [1.165, 1.54) is 159 Å². The summed E-state index contributed by atoms with van der Waals surface area (Å²) in [6.07, 6.45) is -4.52. The smallest absolute Gasteiger partial charge is 0.474 e. The van der Waals surface area contributed by atoms with Gasteiger partial charge in [0.1, 0.15) is 45.1 Å². The maximum Gasteiger partial charge on any atom is 0.474 e. The Kier molecular flexibility index (Phi) is 27.0. The fourth-order valence-electron chi connectivity index (χ4n) is 9.79. The lowest BCUT2D eigenvalue weighted by Crippen LogP contribution is -2.33. The second-order valence-corrected chi connectivity index (χ2v) is 34.9. The number of alkyl carbamates (subject to hydrolysis) is 1. The van der Waals surface area contributed by atoms with Crippen LogP contribution in [0.3, 0.4) is 0 Å². The molecule has 0 spiro atoms. The molecule has 2 fully saturated rings. The number of benzene rings is 6. The van der Waals surface area contributed by atoms with Crippen molar-refractivity contribution in [3.8, 4) is 34.0 Å². The number of aromatic nitrogens is 3. The number of carbonyl (C=O) groups is 5. The molecule has 1 unspecified atom stereocenters. The number of oxime groups is 2. The summed E-state index contributed by atoms with van der Waals surface area (Å²) < 4.78 is 261. The SMILES string of the molecule is [2H]C([2H])(NC(=O)OC(C)(C)C)c1ccc(C(OC)OC)cc1.[2H]C([2H])([2H])N(C(=O)OC(C)(C)C)C([2H])([2H])c1ccc(-c2cc(-c3nc(-c4ccc(S(=O)(=O)C(C)C)cc4)cnc3C3(N=C4[B]O4)[B]O3)on2)cc1.[2H]C([2H])([2H])N(C(=O)OC(C)(C)C)C([2H])([2H])c1ccc(/C(Cl)=N/O)cc1.[2H]C([2H])([2H])N(C(=O)OC(C)(C)C)C([2H])([2H])c1ccc(/C=N/O)cc1.[2H]C([2H])([2H])N(C(=O)OC(C)(C)C)C([2H])([2H])c1ccc(C(OC)OC)cc1. The molecule has 36 heteroatoms. The molecule has 6 aromatic carbocycles. The monoisotopic (exact) mass is 1800 g/mol. The van der Waals surface area contributed by atoms with Crippen LogP contribution in [0.5, 0.6) is 0 Å². The van der Waals surface area contributed by atoms with E-state index in [4.69, 9.17) is 114 Å². The van der Waals surface area contributed by atoms with Crippen molar-refractivity contribution in [3.63, 3.8) is 0 Å². The predicted octanol–water partition coefficient (Wildman–Crippen LogP) is 17.4. The molecule has 2 radical (unpaired) electrons. The second-order valence-electron chi connectivity index (χ2n) is 32.0. The number of halogens is 1. The Morgan fingerprint density at radius 1 is 0.563 bits per heavy atom. The van der Waals surface area contributed by atoms with E-state index in [1.807, 2.05) is 0 Å². The van der Waals surface area contributed by atoms with E-state index < -0.39 is 152 Å². The third-order valence-corrected chi connectivity index (χ3v) is 18.0. The first-order valence-electron chi connectivity index (χ1n) is 49.2. The molecule has 1 atom stereocenters. The Bertz CT molecular complexity index is 6050. The molecule has 0 aliphatic carbocycles. The molecule has 678 valence electrons. The molecule has 2 saturated heterocycles. The number of carbonyl (C=O) groups excluding carboxylic acids is 5. The predicted molar refractivity (Wildman–Crippen MR) is 480 cm³/mol. The fourth-order valence-corrected chi connectivity index (χ4v) is 11.0. The summed E-state index contributed by atoms with van der Waals surface area (Å²) in [6.45, 7) is 1.96. The van der Waals surface area contributed by atoms with Crippen molar-refractivity contribution >= 4 is 84.1 Å². The third-order valence-electron chi connectivity index (χ3n) is 15.5. The van der Waals surface area contributed by atoms with Crippen molar-refractivity contribution in [2.24, 2.45) is 15.3 Å². The summed E-state index contributed by atoms with van der Waals surface area (Å²) in [5.74, 6) is 0.528. The summed E-state index contributed by atoms with van der Waals surface area (Å²) in [5.41, 5.74) is -1.56. The van der Waals surface area contributed by atoms with Gasteiger partial charge >= 0.3 is 45.4 Å². The van der Waals surface area contributed by atoms with Crippen molar-refractivity contribution in [3.05, 3.63) is 214 Å². The summed E-state index contributed by atoms with van der Waals surface area (Å²) in [4.78, 5) is 75.8. The van der Waals surface area contributed by atoms with Crippen LogP contribution in [-0.4, -0.2) is 206 Å². The van der Waals surface area contributed by atoms with Crippen LogP contribution < -0.4 is 5.32 Å². The van der Waals surface area contributed by atoms with Crippen LogP contribution in [0.1, 0.15) is 216 Å². The van der Waals surface area contributed by atoms with Crippen molar-refractivity contribution in [1.29, 1.82) is 0 Å². The zero-order chi connectivity index (χ0) is 113. The first kappa shape index (κ1) is 73.7. The number of methoxy groups -OCH3 is 4. The number of ether oxygens (including phenoxy) is 9. The second kappa shape index (κ2) is 46.1. The Hall–Kier alpha value is -11.5. The van der Waals surface area contributed by atoms with Crippen LogP contribution in [0, 0.1) is 0 Å². The highest BCUT2D eigenvalue weighted by Crippen LogP contribution is 2.43. The van der Waals surface area contributed by atoms with Crippen molar-refractivity contribution in [2.45, 2.75) is 207 Å². The highest BCUT2D eigenvalue weighted by molar-refractivity contribution is 7.92. The van der Waals surface area contributed by atoms with Crippen LogP contribution in [0.2, 0.25) is 0 Å². The van der Waals surface area contributed by atoms with E-state index in [2.05, 4.69) is 30.8 Å². The zero-order valence-electron chi connectivity index (χ0n) is 95.4. The number of hydrogen-bond donors (Lipinski definition) is 3. The minimum Gasteiger partial charge on any atom is -0.549 e. The van der Waals surface area contributed by atoms with Gasteiger partial charge in [-0.05, 0) is 163 Å². The lowest BCUT2D eigenvalue weighted by atomic mass is 9.91. The van der Waals surface area contributed by atoms with Crippen molar-refractivity contribution in [2.75, 3.05) is 56.3 Å². The highest BCUT2D eigenvalue weighted by atomic mass is 35.5. The van der Waals surface area contributed by atoms with Gasteiger partial charge in [-0.15, -0.1) is 0 Å². The van der Waals surface area contributed by atoms with Crippen LogP contribution in [0.15, 0.2) is 183 Å². The molecule has 32 nitrogen and oxygen atoms in total. The van der Waals surface area contributed by atoms with Gasteiger partial charge in [0.25, 0.3) is 0 Å². The summed E-state index contributed by atoms with van der Waals surface area (Å²) in [5, 5.41) is 28.3. The Balaban J connectivity index is 0.000000298. The maximum atomic E-state index is 12.8. The number of aliphatic imine (C=N–C) groups is 1. The lowest BCUT2D eigenvalue weighted by Gasteiger charge is -2.24. The largest absolute Gasteiger partial charge is 0.549 e. The number of sulfone groups is 1. The van der Waals surface area contributed by atoms with E-state index in [-0.39, 0.29) is 69.1 Å². The number of amides is 5. The van der Waals surface area contributed by atoms with E-state index in [0.29, 0.717) is 50.6 Å². The lowest BCUT2D eigenvalue weighted by molar-refractivity contribution is -0.106. The quantitative estimate of drug-likeness (QED) is 0.00910. The van der Waals surface area contributed by atoms with E-state index in [9.17, 15) is 32.4 Å². The molecule has 126 heavy (non-hydrogen) atoms. The van der Waals surface area contributed by atoms with E-state index >= 15 is 0 Å². The van der Waals surface area contributed by atoms with Gasteiger partial charge in [-0.1, -0.05) is 161 Å². The fraction of sp³-hybridized carbons (Fsp3) is 0.433. The van der Waals surface area contributed by atoms with Gasteiger partial charge in [0.15, 0.2) is 44.8 Å². The average molecular weight is 1800 g/mol. The summed E-state index contributed by atoms with van der Waals surface area (Å²) in [6, 6.07) is 36.5. The molecule has 8 aromatic rings. The van der Waals surface area contributed by atoms with Crippen molar-refractivity contribution in [1.82, 2.24) is 40.0 Å². The van der Waals surface area contributed by atoms with Crippen LogP contribution in [0.25, 0.3) is 34.0 Å².